The van der Waals surface area contributed by atoms with Crippen LogP contribution in [-0.2, 0) is 0 Å². The molecule has 1 heterocycles. The number of aromatic nitrogens is 1. The van der Waals surface area contributed by atoms with Crippen LogP contribution in [0.5, 0.6) is 0 Å². The van der Waals surface area contributed by atoms with Gasteiger partial charge < -0.3 is 4.57 Å². The van der Waals surface area contributed by atoms with Crippen LogP contribution in [-0.4, -0.2) is 12.6 Å². The average molecular weight is 628 g/mol. The minimum Gasteiger partial charge on any atom is -0.309 e. The molecule has 0 aliphatic rings. The summed E-state index contributed by atoms with van der Waals surface area (Å²) in [6.07, 6.45) is 0. The van der Waals surface area contributed by atoms with Gasteiger partial charge in [0.2, 0.25) is 0 Å². The van der Waals surface area contributed by atoms with Gasteiger partial charge in [0.1, 0.15) is 0 Å². The Morgan fingerprint density at radius 3 is 1.58 bits per heavy atom. The molecule has 0 unspecified atom stereocenters. The number of para-hydroxylation sites is 1. The highest BCUT2D eigenvalue weighted by molar-refractivity contribution is 7.19. The highest BCUT2D eigenvalue weighted by Gasteiger charge is 2.41. The number of rotatable bonds is 6. The van der Waals surface area contributed by atoms with Crippen LogP contribution < -0.4 is 20.7 Å². The van der Waals surface area contributed by atoms with Gasteiger partial charge in [0.15, 0.2) is 19.4 Å². The van der Waals surface area contributed by atoms with E-state index in [1.54, 1.807) is 0 Å². The first-order valence-electron chi connectivity index (χ1n) is 15.9. The summed E-state index contributed by atoms with van der Waals surface area (Å²) in [5.74, 6) is 0. The Labute approximate surface area is 281 Å². The van der Waals surface area contributed by atoms with E-state index in [1.807, 2.05) is 24.3 Å². The predicted octanol–water partition coefficient (Wildman–Crippen LogP) is 8.93. The van der Waals surface area contributed by atoms with Crippen LogP contribution in [0.25, 0.3) is 48.3 Å². The van der Waals surface area contributed by atoms with Gasteiger partial charge in [0, 0.05) is 11.1 Å². The van der Waals surface area contributed by atoms with Crippen LogP contribution >= 0.6 is 0 Å². The van der Waals surface area contributed by atoms with Crippen molar-refractivity contribution in [1.82, 2.24) is 4.57 Å². The molecule has 0 aliphatic heterocycles. The van der Waals surface area contributed by atoms with E-state index >= 15 is 0 Å². The monoisotopic (exact) mass is 627 g/mol. The fraction of sp³-hybridized carbons (Fsp3) is 0. The van der Waals surface area contributed by atoms with Crippen molar-refractivity contribution in [3.63, 3.8) is 0 Å². The Balaban J connectivity index is 1.28. The van der Waals surface area contributed by atoms with Crippen molar-refractivity contribution in [2.75, 3.05) is 0 Å². The van der Waals surface area contributed by atoms with Gasteiger partial charge in [-0.2, -0.15) is 0 Å². The molecule has 0 saturated carbocycles. The predicted molar refractivity (Wildman–Crippen MR) is 202 cm³/mol. The molecular formula is C44H29N3Si. The minimum atomic E-state index is -2.71. The van der Waals surface area contributed by atoms with Gasteiger partial charge in [-0.25, -0.2) is 9.69 Å². The van der Waals surface area contributed by atoms with E-state index < -0.39 is 8.07 Å². The van der Waals surface area contributed by atoms with E-state index in [0.717, 1.165) is 38.6 Å². The van der Waals surface area contributed by atoms with Gasteiger partial charge in [-0.1, -0.05) is 146 Å². The molecule has 0 aliphatic carbocycles. The third-order valence-corrected chi connectivity index (χ3v) is 14.2. The summed E-state index contributed by atoms with van der Waals surface area (Å²) in [6, 6.07) is 62.1. The van der Waals surface area contributed by atoms with Gasteiger partial charge in [0.05, 0.1) is 24.2 Å². The largest absolute Gasteiger partial charge is 0.309 e. The summed E-state index contributed by atoms with van der Waals surface area (Å²) >= 11 is 0. The van der Waals surface area contributed by atoms with E-state index in [9.17, 15) is 0 Å². The fourth-order valence-electron chi connectivity index (χ4n) is 7.21. The maximum atomic E-state index is 7.55. The highest BCUT2D eigenvalue weighted by atomic mass is 28.3. The maximum Gasteiger partial charge on any atom is 0.188 e. The van der Waals surface area contributed by atoms with Gasteiger partial charge in [-0.15, -0.1) is 0 Å². The molecule has 0 N–H and O–H groups in total. The van der Waals surface area contributed by atoms with Crippen molar-refractivity contribution in [3.8, 4) is 16.8 Å². The van der Waals surface area contributed by atoms with Crippen LogP contribution in [0.15, 0.2) is 176 Å². The molecule has 1 aromatic heterocycles. The molecule has 0 atom stereocenters. The SMILES string of the molecule is [C-]#[N+]c1ccc([Si](c2ccccc2)(c2ccccc2)c2ccc(-c3cccc(-n4c5ccccc5c5cc([N+]#[C-])ccc54)c3)cc2)cc1. The molecular weight excluding hydrogens is 599 g/mol. The lowest BCUT2D eigenvalue weighted by Gasteiger charge is -2.34. The lowest BCUT2D eigenvalue weighted by Crippen LogP contribution is -2.74. The van der Waals surface area contributed by atoms with Crippen molar-refractivity contribution >= 4 is 62.0 Å². The van der Waals surface area contributed by atoms with Gasteiger partial charge in [-0.3, -0.25) is 0 Å². The first kappa shape index (κ1) is 29.0. The van der Waals surface area contributed by atoms with Crippen LogP contribution in [0.3, 0.4) is 0 Å². The van der Waals surface area contributed by atoms with Crippen molar-refractivity contribution in [2.45, 2.75) is 0 Å². The lowest BCUT2D eigenvalue weighted by atomic mass is 10.1. The van der Waals surface area contributed by atoms with E-state index in [-0.39, 0.29) is 0 Å². The van der Waals surface area contributed by atoms with E-state index in [4.69, 9.17) is 13.1 Å². The molecule has 48 heavy (non-hydrogen) atoms. The number of hydrogen-bond acceptors (Lipinski definition) is 0. The zero-order chi connectivity index (χ0) is 32.5. The molecule has 7 aromatic carbocycles. The molecule has 4 heteroatoms. The highest BCUT2D eigenvalue weighted by Crippen LogP contribution is 2.35. The van der Waals surface area contributed by atoms with Crippen LogP contribution in [0.2, 0.25) is 0 Å². The lowest BCUT2D eigenvalue weighted by molar-refractivity contribution is 1.18. The number of hydrogen-bond donors (Lipinski definition) is 0. The molecule has 8 rings (SSSR count). The second kappa shape index (κ2) is 12.0. The third-order valence-electron chi connectivity index (χ3n) is 9.38. The first-order chi connectivity index (χ1) is 23.7. The van der Waals surface area contributed by atoms with Crippen LogP contribution in [0.1, 0.15) is 0 Å². The van der Waals surface area contributed by atoms with Crippen molar-refractivity contribution in [1.29, 1.82) is 0 Å². The van der Waals surface area contributed by atoms with Crippen molar-refractivity contribution in [3.05, 3.63) is 199 Å². The second-order valence-corrected chi connectivity index (χ2v) is 15.7. The summed E-state index contributed by atoms with van der Waals surface area (Å²) < 4.78 is 2.30. The van der Waals surface area contributed by atoms with E-state index in [0.29, 0.717) is 11.4 Å². The average Bonchev–Trinajstić information content (AvgIpc) is 3.50. The fourth-order valence-corrected chi connectivity index (χ4v) is 11.9. The third kappa shape index (κ3) is 4.72. The molecule has 8 aromatic rings. The minimum absolute atomic E-state index is 0.646. The Hall–Kier alpha value is -6.46. The topological polar surface area (TPSA) is 13.6 Å². The van der Waals surface area contributed by atoms with Gasteiger partial charge in [0.25, 0.3) is 0 Å². The van der Waals surface area contributed by atoms with E-state index in [1.165, 1.54) is 20.7 Å². The maximum absolute atomic E-state index is 7.55. The zero-order valence-corrected chi connectivity index (χ0v) is 27.1. The summed E-state index contributed by atoms with van der Waals surface area (Å²) in [6.45, 7) is 15.1. The number of benzene rings is 7. The number of fused-ring (bicyclic) bond motifs is 3. The quantitative estimate of drug-likeness (QED) is 0.0993. The van der Waals surface area contributed by atoms with Crippen molar-refractivity contribution < 1.29 is 0 Å². The van der Waals surface area contributed by atoms with Gasteiger partial charge in [-0.05, 0) is 67.6 Å². The summed E-state index contributed by atoms with van der Waals surface area (Å²) in [5.41, 5.74) is 6.85. The standard InChI is InChI=1S/C44H29N3Si/c1-45-34-22-27-40(28-23-34)48(37-14-5-3-6-15-37,38-16-7-4-8-17-38)39-25-20-32(21-26-39)33-12-11-13-36(30-33)47-43-19-10-9-18-41(43)42-31-35(46-2)24-29-44(42)47/h3-31H. The molecule has 0 amide bonds. The Bertz CT molecular complexity index is 2460. The molecule has 3 nitrogen and oxygen atoms in total. The normalized spacial score (nSPS) is 11.3. The second-order valence-electron chi connectivity index (χ2n) is 11.9. The summed E-state index contributed by atoms with van der Waals surface area (Å²) in [5, 5.41) is 7.35. The van der Waals surface area contributed by atoms with E-state index in [2.05, 4.69) is 166 Å². The molecule has 224 valence electrons. The van der Waals surface area contributed by atoms with Crippen LogP contribution in [0, 0.1) is 13.1 Å². The first-order valence-corrected chi connectivity index (χ1v) is 17.9. The Kier molecular flexibility index (Phi) is 7.27. The Morgan fingerprint density at radius 1 is 0.396 bits per heavy atom. The van der Waals surface area contributed by atoms with Crippen LogP contribution in [0.4, 0.5) is 11.4 Å². The molecule has 0 radical (unpaired) electrons. The smallest absolute Gasteiger partial charge is 0.188 e. The molecule has 0 saturated heterocycles. The van der Waals surface area contributed by atoms with Gasteiger partial charge >= 0.3 is 0 Å². The molecule has 0 spiro atoms. The summed E-state index contributed by atoms with van der Waals surface area (Å²) in [4.78, 5) is 7.36. The molecule has 0 bridgehead atoms. The Morgan fingerprint density at radius 2 is 0.938 bits per heavy atom. The number of nitrogens with zero attached hydrogens (tertiary/aromatic N) is 3. The van der Waals surface area contributed by atoms with Crippen molar-refractivity contribution in [2.24, 2.45) is 0 Å². The summed E-state index contributed by atoms with van der Waals surface area (Å²) in [7, 11) is -2.71. The molecule has 0 fully saturated rings. The zero-order valence-electron chi connectivity index (χ0n) is 26.1.